The zero-order valence-corrected chi connectivity index (χ0v) is 11.0. The highest BCUT2D eigenvalue weighted by Gasteiger charge is 2.31. The maximum absolute atomic E-state index is 13.5. The number of aliphatic hydroxyl groups is 1. The molecule has 0 bridgehead atoms. The quantitative estimate of drug-likeness (QED) is 0.738. The number of aliphatic hydroxyl groups excluding tert-OH is 1. The van der Waals surface area contributed by atoms with E-state index in [-0.39, 0.29) is 12.1 Å². The first kappa shape index (κ1) is 15.0. The molecule has 7 heteroatoms. The third kappa shape index (κ3) is 4.02. The molecule has 1 unspecified atom stereocenters. The van der Waals surface area contributed by atoms with Gasteiger partial charge < -0.3 is 5.11 Å². The van der Waals surface area contributed by atoms with Crippen LogP contribution in [-0.4, -0.2) is 20.1 Å². The summed E-state index contributed by atoms with van der Waals surface area (Å²) in [4.78, 5) is 0. The van der Waals surface area contributed by atoms with Crippen molar-refractivity contribution in [2.24, 2.45) is 10.6 Å². The Bertz CT molecular complexity index is 517. The Hall–Kier alpha value is -1.02. The predicted octanol–water partition coefficient (Wildman–Crippen LogP) is 0.678. The van der Waals surface area contributed by atoms with E-state index in [0.717, 1.165) is 0 Å². The Kier molecular flexibility index (Phi) is 4.44. The van der Waals surface area contributed by atoms with Gasteiger partial charge in [-0.25, -0.2) is 14.3 Å². The van der Waals surface area contributed by atoms with Crippen LogP contribution in [0.2, 0.25) is 0 Å². The van der Waals surface area contributed by atoms with Gasteiger partial charge in [-0.1, -0.05) is 32.0 Å². The number of nitrogens with two attached hydrogens (primary N) is 1. The van der Waals surface area contributed by atoms with E-state index in [4.69, 9.17) is 5.14 Å². The fourth-order valence-electron chi connectivity index (χ4n) is 1.50. The summed E-state index contributed by atoms with van der Waals surface area (Å²) in [6.07, 6.45) is -1.15. The molecule has 0 amide bonds. The summed E-state index contributed by atoms with van der Waals surface area (Å²) in [6.45, 7) is 3.13. The van der Waals surface area contributed by atoms with Crippen molar-refractivity contribution in [2.75, 3.05) is 6.54 Å². The number of hydrogen-bond donors (Lipinski definition) is 3. The Morgan fingerprint density at radius 2 is 2.00 bits per heavy atom. The molecule has 18 heavy (non-hydrogen) atoms. The van der Waals surface area contributed by atoms with Gasteiger partial charge >= 0.3 is 0 Å². The number of halogens is 1. The van der Waals surface area contributed by atoms with Crippen molar-refractivity contribution < 1.29 is 17.9 Å². The molecule has 1 atom stereocenters. The third-order valence-electron chi connectivity index (χ3n) is 2.67. The van der Waals surface area contributed by atoms with Crippen molar-refractivity contribution in [3.8, 4) is 0 Å². The normalized spacial score (nSPS) is 14.5. The van der Waals surface area contributed by atoms with Crippen LogP contribution in [0, 0.1) is 11.2 Å². The minimum atomic E-state index is -3.84. The fourth-order valence-corrected chi connectivity index (χ4v) is 2.07. The molecule has 0 saturated carbocycles. The maximum atomic E-state index is 13.5. The largest absolute Gasteiger partial charge is 0.388 e. The van der Waals surface area contributed by atoms with Gasteiger partial charge in [0, 0.05) is 17.5 Å². The molecule has 0 saturated heterocycles. The van der Waals surface area contributed by atoms with Gasteiger partial charge in [0.2, 0.25) is 0 Å². The van der Waals surface area contributed by atoms with Crippen LogP contribution in [-0.2, 0) is 10.2 Å². The van der Waals surface area contributed by atoms with Gasteiger partial charge in [-0.3, -0.25) is 0 Å². The highest BCUT2D eigenvalue weighted by atomic mass is 32.2. The van der Waals surface area contributed by atoms with Crippen LogP contribution in [0.4, 0.5) is 4.39 Å². The van der Waals surface area contributed by atoms with E-state index >= 15 is 0 Å². The minimum absolute atomic E-state index is 0.0959. The smallest absolute Gasteiger partial charge is 0.274 e. The van der Waals surface area contributed by atoms with Crippen molar-refractivity contribution >= 4 is 10.2 Å². The average Bonchev–Trinajstić information content (AvgIpc) is 2.25. The molecule has 1 rings (SSSR count). The van der Waals surface area contributed by atoms with Crippen LogP contribution >= 0.6 is 0 Å². The summed E-state index contributed by atoms with van der Waals surface area (Å²) in [5, 5.41) is 14.9. The lowest BCUT2D eigenvalue weighted by atomic mass is 9.82. The standard InChI is InChI=1S/C11H17FN2O3S/c1-11(2,7-14-18(13,16)17)10(15)8-5-3-4-6-9(8)12/h3-6,10,14-15H,7H2,1-2H3,(H2,13,16,17). The van der Waals surface area contributed by atoms with Gasteiger partial charge in [0.15, 0.2) is 0 Å². The zero-order chi connectivity index (χ0) is 14.0. The Balaban J connectivity index is 2.88. The van der Waals surface area contributed by atoms with E-state index < -0.39 is 27.5 Å². The minimum Gasteiger partial charge on any atom is -0.388 e. The van der Waals surface area contributed by atoms with Crippen molar-refractivity contribution in [1.29, 1.82) is 0 Å². The topological polar surface area (TPSA) is 92.4 Å². The highest BCUT2D eigenvalue weighted by Crippen LogP contribution is 2.33. The van der Waals surface area contributed by atoms with Gasteiger partial charge in [-0.2, -0.15) is 8.42 Å². The molecule has 0 radical (unpaired) electrons. The molecule has 0 heterocycles. The van der Waals surface area contributed by atoms with Crippen LogP contribution in [0.1, 0.15) is 25.5 Å². The molecule has 0 aliphatic carbocycles. The van der Waals surface area contributed by atoms with Gasteiger partial charge in [0.05, 0.1) is 6.10 Å². The van der Waals surface area contributed by atoms with E-state index in [1.165, 1.54) is 18.2 Å². The maximum Gasteiger partial charge on any atom is 0.274 e. The molecular weight excluding hydrogens is 259 g/mol. The Labute approximate surface area is 106 Å². The number of nitrogens with one attached hydrogen (secondary N) is 1. The molecular formula is C11H17FN2O3S. The second-order valence-electron chi connectivity index (χ2n) is 4.78. The van der Waals surface area contributed by atoms with E-state index in [1.807, 2.05) is 0 Å². The molecule has 0 spiro atoms. The first-order valence-electron chi connectivity index (χ1n) is 5.33. The van der Waals surface area contributed by atoms with Crippen LogP contribution < -0.4 is 9.86 Å². The molecule has 0 aromatic heterocycles. The summed E-state index contributed by atoms with van der Waals surface area (Å²) in [5.41, 5.74) is -0.770. The summed E-state index contributed by atoms with van der Waals surface area (Å²) in [6, 6.07) is 5.81. The fraction of sp³-hybridized carbons (Fsp3) is 0.455. The van der Waals surface area contributed by atoms with Crippen LogP contribution in [0.5, 0.6) is 0 Å². The van der Waals surface area contributed by atoms with Crippen LogP contribution in [0.15, 0.2) is 24.3 Å². The lowest BCUT2D eigenvalue weighted by molar-refractivity contribution is 0.0500. The first-order chi connectivity index (χ1) is 8.13. The number of benzene rings is 1. The Morgan fingerprint density at radius 3 is 2.50 bits per heavy atom. The Morgan fingerprint density at radius 1 is 1.44 bits per heavy atom. The number of hydrogen-bond acceptors (Lipinski definition) is 3. The van der Waals surface area contributed by atoms with Gasteiger partial charge in [0.25, 0.3) is 10.2 Å². The van der Waals surface area contributed by atoms with Crippen molar-refractivity contribution in [3.05, 3.63) is 35.6 Å². The number of rotatable bonds is 5. The molecule has 4 N–H and O–H groups in total. The zero-order valence-electron chi connectivity index (χ0n) is 10.2. The van der Waals surface area contributed by atoms with E-state index in [1.54, 1.807) is 19.9 Å². The monoisotopic (exact) mass is 276 g/mol. The van der Waals surface area contributed by atoms with E-state index in [2.05, 4.69) is 4.72 Å². The van der Waals surface area contributed by atoms with Gasteiger partial charge in [-0.05, 0) is 6.07 Å². The summed E-state index contributed by atoms with van der Waals surface area (Å²) in [7, 11) is -3.84. The SMILES string of the molecule is CC(C)(CNS(N)(=O)=O)C(O)c1ccccc1F. The summed E-state index contributed by atoms with van der Waals surface area (Å²) >= 11 is 0. The summed E-state index contributed by atoms with van der Waals surface area (Å²) < 4.78 is 37.3. The molecule has 0 fully saturated rings. The lowest BCUT2D eigenvalue weighted by Gasteiger charge is -2.30. The molecule has 1 aromatic rings. The first-order valence-corrected chi connectivity index (χ1v) is 6.88. The predicted molar refractivity (Wildman–Crippen MR) is 66.3 cm³/mol. The molecule has 5 nitrogen and oxygen atoms in total. The van der Waals surface area contributed by atoms with Crippen molar-refractivity contribution in [2.45, 2.75) is 20.0 Å². The molecule has 0 aliphatic heterocycles. The van der Waals surface area contributed by atoms with Crippen LogP contribution in [0.3, 0.4) is 0 Å². The third-order valence-corrected chi connectivity index (χ3v) is 3.22. The summed E-state index contributed by atoms with van der Waals surface area (Å²) in [5.74, 6) is -0.534. The van der Waals surface area contributed by atoms with Gasteiger partial charge in [0.1, 0.15) is 5.82 Å². The van der Waals surface area contributed by atoms with Crippen molar-refractivity contribution in [3.63, 3.8) is 0 Å². The lowest BCUT2D eigenvalue weighted by Crippen LogP contribution is -2.40. The molecule has 102 valence electrons. The van der Waals surface area contributed by atoms with E-state index in [0.29, 0.717) is 0 Å². The van der Waals surface area contributed by atoms with Gasteiger partial charge in [-0.15, -0.1) is 0 Å². The highest BCUT2D eigenvalue weighted by molar-refractivity contribution is 7.87. The van der Waals surface area contributed by atoms with Crippen LogP contribution in [0.25, 0.3) is 0 Å². The van der Waals surface area contributed by atoms with E-state index in [9.17, 15) is 17.9 Å². The second kappa shape index (κ2) is 5.31. The molecule has 1 aromatic carbocycles. The second-order valence-corrected chi connectivity index (χ2v) is 6.16. The average molecular weight is 276 g/mol. The van der Waals surface area contributed by atoms with Crippen molar-refractivity contribution in [1.82, 2.24) is 4.72 Å². The molecule has 0 aliphatic rings.